The van der Waals surface area contributed by atoms with Crippen LogP contribution in [0.2, 0.25) is 0 Å². The molecule has 0 unspecified atom stereocenters. The van der Waals surface area contributed by atoms with Gasteiger partial charge in [0.1, 0.15) is 22.9 Å². The molecule has 2 aromatic rings. The fourth-order valence-electron chi connectivity index (χ4n) is 1.98. The molecule has 10 heteroatoms. The molecule has 0 aromatic heterocycles. The van der Waals surface area contributed by atoms with E-state index in [2.05, 4.69) is 0 Å². The molecule has 0 fully saturated rings. The van der Waals surface area contributed by atoms with Crippen molar-refractivity contribution in [1.82, 2.24) is 0 Å². The van der Waals surface area contributed by atoms with E-state index in [9.17, 15) is 28.1 Å². The molecule has 0 radical (unpaired) electrons. The number of carbonyl (C=O) groups is 1. The zero-order valence-electron chi connectivity index (χ0n) is 12.3. The standard InChI is InChI=1S/C15H7F3N2O5/c1-6-11(16)9(5-19)14(13(18)12(6)17)25-7-2-3-10(20(23)24)8(4-7)15(21)22/h2-4H,1H3,(H,21,22). The Kier molecular flexibility index (Phi) is 4.60. The molecule has 0 spiro atoms. The second-order valence-electron chi connectivity index (χ2n) is 4.73. The van der Waals surface area contributed by atoms with Crippen LogP contribution in [0.4, 0.5) is 18.9 Å². The molecule has 0 aliphatic heterocycles. The van der Waals surface area contributed by atoms with Crippen molar-refractivity contribution in [3.63, 3.8) is 0 Å². The summed E-state index contributed by atoms with van der Waals surface area (Å²) in [5, 5.41) is 28.7. The van der Waals surface area contributed by atoms with Gasteiger partial charge in [0.2, 0.25) is 5.82 Å². The predicted molar refractivity (Wildman–Crippen MR) is 75.9 cm³/mol. The third-order valence-corrected chi connectivity index (χ3v) is 3.22. The van der Waals surface area contributed by atoms with Crippen LogP contribution in [0.3, 0.4) is 0 Å². The van der Waals surface area contributed by atoms with Crippen molar-refractivity contribution >= 4 is 11.7 Å². The highest BCUT2D eigenvalue weighted by molar-refractivity contribution is 5.92. The van der Waals surface area contributed by atoms with E-state index >= 15 is 0 Å². The van der Waals surface area contributed by atoms with Crippen molar-refractivity contribution in [2.45, 2.75) is 6.92 Å². The average molecular weight is 352 g/mol. The van der Waals surface area contributed by atoms with Gasteiger partial charge in [0.05, 0.1) is 4.92 Å². The first-order valence-corrected chi connectivity index (χ1v) is 6.45. The molecule has 2 rings (SSSR count). The number of ether oxygens (including phenoxy) is 1. The molecular weight excluding hydrogens is 345 g/mol. The van der Waals surface area contributed by atoms with Gasteiger partial charge in [-0.15, -0.1) is 0 Å². The molecule has 25 heavy (non-hydrogen) atoms. The van der Waals surface area contributed by atoms with Gasteiger partial charge in [-0.05, 0) is 13.0 Å². The van der Waals surface area contributed by atoms with E-state index in [1.54, 1.807) is 0 Å². The minimum absolute atomic E-state index is 0.457. The average Bonchev–Trinajstić information content (AvgIpc) is 2.57. The van der Waals surface area contributed by atoms with E-state index in [1.807, 2.05) is 0 Å². The highest BCUT2D eigenvalue weighted by atomic mass is 19.2. The summed E-state index contributed by atoms with van der Waals surface area (Å²) < 4.78 is 46.5. The lowest BCUT2D eigenvalue weighted by molar-refractivity contribution is -0.385. The van der Waals surface area contributed by atoms with Crippen LogP contribution in [0.5, 0.6) is 11.5 Å². The zero-order valence-corrected chi connectivity index (χ0v) is 12.3. The molecule has 0 amide bonds. The van der Waals surface area contributed by atoms with Crippen molar-refractivity contribution in [3.8, 4) is 17.6 Å². The number of rotatable bonds is 4. The van der Waals surface area contributed by atoms with Crippen molar-refractivity contribution in [1.29, 1.82) is 5.26 Å². The Morgan fingerprint density at radius 2 is 1.92 bits per heavy atom. The van der Waals surface area contributed by atoms with E-state index in [4.69, 9.17) is 15.1 Å². The number of carboxylic acids is 1. The van der Waals surface area contributed by atoms with Gasteiger partial charge in [0, 0.05) is 17.7 Å². The van der Waals surface area contributed by atoms with Crippen LogP contribution >= 0.6 is 0 Å². The van der Waals surface area contributed by atoms with Gasteiger partial charge in [-0.25, -0.2) is 13.6 Å². The summed E-state index contributed by atoms with van der Waals surface area (Å²) >= 11 is 0. The van der Waals surface area contributed by atoms with E-state index in [-0.39, 0.29) is 0 Å². The Balaban J connectivity index is 2.62. The lowest BCUT2D eigenvalue weighted by Crippen LogP contribution is -2.05. The number of carboxylic acid groups (broad SMARTS) is 1. The van der Waals surface area contributed by atoms with Gasteiger partial charge in [-0.2, -0.15) is 9.65 Å². The SMILES string of the molecule is Cc1c(F)c(F)c(Oc2ccc([N+](=O)[O-])c(C(=O)O)c2)c(C#N)c1F. The summed E-state index contributed by atoms with van der Waals surface area (Å²) in [5.41, 5.74) is -3.19. The number of hydrogen-bond acceptors (Lipinski definition) is 5. The summed E-state index contributed by atoms with van der Waals surface area (Å²) in [4.78, 5) is 20.9. The number of nitrogens with zero attached hydrogens (tertiary/aromatic N) is 2. The van der Waals surface area contributed by atoms with E-state index in [0.717, 1.165) is 19.1 Å². The van der Waals surface area contributed by atoms with Crippen molar-refractivity contribution < 1.29 is 32.7 Å². The molecule has 1 N–H and O–H groups in total. The van der Waals surface area contributed by atoms with Gasteiger partial charge in [0.15, 0.2) is 17.4 Å². The maximum absolute atomic E-state index is 14.0. The van der Waals surface area contributed by atoms with E-state index in [0.29, 0.717) is 6.07 Å². The lowest BCUT2D eigenvalue weighted by Gasteiger charge is -2.12. The predicted octanol–water partition coefficient (Wildman–Crippen LogP) is 3.68. The summed E-state index contributed by atoms with van der Waals surface area (Å²) in [7, 11) is 0. The topological polar surface area (TPSA) is 113 Å². The third-order valence-electron chi connectivity index (χ3n) is 3.22. The maximum atomic E-state index is 14.0. The van der Waals surface area contributed by atoms with Crippen molar-refractivity contribution in [3.05, 3.63) is 62.5 Å². The van der Waals surface area contributed by atoms with Crippen LogP contribution in [0.1, 0.15) is 21.5 Å². The Hall–Kier alpha value is -3.61. The fourth-order valence-corrected chi connectivity index (χ4v) is 1.98. The second-order valence-corrected chi connectivity index (χ2v) is 4.73. The molecule has 0 aliphatic carbocycles. The number of nitro benzene ring substituents is 1. The Labute approximate surface area is 137 Å². The Bertz CT molecular complexity index is 953. The van der Waals surface area contributed by atoms with Crippen LogP contribution in [-0.4, -0.2) is 16.0 Å². The number of nitriles is 1. The summed E-state index contributed by atoms with van der Waals surface area (Å²) in [5.74, 6) is -7.77. The summed E-state index contributed by atoms with van der Waals surface area (Å²) in [6.45, 7) is 0.923. The van der Waals surface area contributed by atoms with Crippen LogP contribution in [0.25, 0.3) is 0 Å². The lowest BCUT2D eigenvalue weighted by atomic mass is 10.1. The monoisotopic (exact) mass is 352 g/mol. The molecule has 0 saturated heterocycles. The van der Waals surface area contributed by atoms with Gasteiger partial charge in [-0.3, -0.25) is 10.1 Å². The molecule has 0 heterocycles. The Morgan fingerprint density at radius 1 is 1.28 bits per heavy atom. The van der Waals surface area contributed by atoms with Crippen molar-refractivity contribution in [2.75, 3.05) is 0 Å². The van der Waals surface area contributed by atoms with Gasteiger partial charge >= 0.3 is 5.97 Å². The number of nitro groups is 1. The van der Waals surface area contributed by atoms with E-state index < -0.39 is 62.2 Å². The van der Waals surface area contributed by atoms with E-state index in [1.165, 1.54) is 6.07 Å². The summed E-state index contributed by atoms with van der Waals surface area (Å²) in [6.07, 6.45) is 0. The molecule has 2 aromatic carbocycles. The zero-order chi connectivity index (χ0) is 18.9. The second kappa shape index (κ2) is 6.48. The molecule has 128 valence electrons. The Morgan fingerprint density at radius 3 is 2.44 bits per heavy atom. The smallest absolute Gasteiger partial charge is 0.342 e. The maximum Gasteiger partial charge on any atom is 0.342 e. The summed E-state index contributed by atoms with van der Waals surface area (Å²) in [6, 6.07) is 3.68. The van der Waals surface area contributed by atoms with Crippen molar-refractivity contribution in [2.24, 2.45) is 0 Å². The first kappa shape index (κ1) is 17.7. The highest BCUT2D eigenvalue weighted by Gasteiger charge is 2.26. The molecule has 0 aliphatic rings. The highest BCUT2D eigenvalue weighted by Crippen LogP contribution is 2.35. The number of aromatic carboxylic acids is 1. The molecule has 0 saturated carbocycles. The van der Waals surface area contributed by atoms with Crippen LogP contribution in [0, 0.1) is 45.8 Å². The molecular formula is C15H7F3N2O5. The number of halogens is 3. The van der Waals surface area contributed by atoms with Crippen LogP contribution in [-0.2, 0) is 0 Å². The minimum Gasteiger partial charge on any atom is -0.477 e. The van der Waals surface area contributed by atoms with Crippen LogP contribution in [0.15, 0.2) is 18.2 Å². The number of hydrogen-bond donors (Lipinski definition) is 1. The molecule has 0 bridgehead atoms. The van der Waals surface area contributed by atoms with Gasteiger partial charge in [-0.1, -0.05) is 0 Å². The molecule has 7 nitrogen and oxygen atoms in total. The first-order valence-electron chi connectivity index (χ1n) is 6.45. The van der Waals surface area contributed by atoms with Gasteiger partial charge in [0.25, 0.3) is 5.69 Å². The largest absolute Gasteiger partial charge is 0.477 e. The molecule has 0 atom stereocenters. The normalized spacial score (nSPS) is 10.2. The quantitative estimate of drug-likeness (QED) is 0.510. The first-order chi connectivity index (χ1) is 11.7. The number of benzene rings is 2. The fraction of sp³-hybridized carbons (Fsp3) is 0.0667. The third kappa shape index (κ3) is 3.07. The minimum atomic E-state index is -1.67. The van der Waals surface area contributed by atoms with Gasteiger partial charge < -0.3 is 9.84 Å². The van der Waals surface area contributed by atoms with Crippen LogP contribution < -0.4 is 4.74 Å².